The number of benzene rings is 13. The second kappa shape index (κ2) is 30.9. The van der Waals surface area contributed by atoms with Crippen molar-refractivity contribution in [1.29, 1.82) is 0 Å². The van der Waals surface area contributed by atoms with Crippen LogP contribution in [0.15, 0.2) is 284 Å². The number of rotatable bonds is 13. The Morgan fingerprint density at radius 1 is 0.352 bits per heavy atom. The van der Waals surface area contributed by atoms with Crippen LogP contribution in [0.3, 0.4) is 0 Å². The van der Waals surface area contributed by atoms with Crippen molar-refractivity contribution in [3.63, 3.8) is 0 Å². The van der Waals surface area contributed by atoms with Gasteiger partial charge in [-0.25, -0.2) is 28.7 Å². The summed E-state index contributed by atoms with van der Waals surface area (Å²) in [5.41, 5.74) is 39.5. The average Bonchev–Trinajstić information content (AvgIpc) is 1.55. The second-order valence-corrected chi connectivity index (χ2v) is 38.1. The number of para-hydroxylation sites is 7. The Labute approximate surface area is 751 Å². The van der Waals surface area contributed by atoms with E-state index in [9.17, 15) is 0 Å². The van der Waals surface area contributed by atoms with Crippen molar-refractivity contribution in [2.75, 3.05) is 0 Å². The quantitative estimate of drug-likeness (QED) is 0.108. The maximum absolute atomic E-state index is 6.63. The van der Waals surface area contributed by atoms with E-state index in [0.717, 1.165) is 70.0 Å². The molecule has 21 aromatic rings. The van der Waals surface area contributed by atoms with Crippen LogP contribution >= 0.6 is 11.3 Å². The van der Waals surface area contributed by atoms with Crippen LogP contribution in [0, 0.1) is 20.8 Å². The van der Waals surface area contributed by atoms with Crippen molar-refractivity contribution in [2.24, 2.45) is 21.1 Å². The molecule has 0 N–H and O–H groups in total. The van der Waals surface area contributed by atoms with Crippen LogP contribution in [0.5, 0.6) is 0 Å². The normalized spacial score (nSPS) is 12.6. The minimum atomic E-state index is 0.265. The number of hydrogen-bond acceptors (Lipinski definition) is 5. The molecule has 14 heteroatoms. The summed E-state index contributed by atoms with van der Waals surface area (Å²) in [6.45, 7) is 29.8. The first-order valence-electron chi connectivity index (χ1n) is 45.4. The van der Waals surface area contributed by atoms with Gasteiger partial charge in [0, 0.05) is 83.6 Å². The van der Waals surface area contributed by atoms with Crippen LogP contribution in [-0.4, -0.2) is 42.4 Å². The smallest absolute Gasteiger partial charge is 0.294 e. The van der Waals surface area contributed by atoms with Crippen LogP contribution in [0.1, 0.15) is 177 Å². The minimum absolute atomic E-state index is 0.265. The van der Waals surface area contributed by atoms with Gasteiger partial charge in [-0.05, 0) is 191 Å². The van der Waals surface area contributed by atoms with Crippen LogP contribution in [0.2, 0.25) is 0 Å². The van der Waals surface area contributed by atoms with Gasteiger partial charge in [0.1, 0.15) is 82.9 Å². The topological polar surface area (TPSA) is 93.0 Å². The SMILES string of the molecule is Cc1ccc2c(c1-c1n(-c3c(-c4ccccc4)cc(C(C)C)cc3-c3ccccc3)cc[n+]1C)Cc1nc3ccccc3n1-2.Cc1ccc2c(c1-c1n(-c3c(C(C)C)cc4c(oc5ccccc54)c3C(C)C)cc[n+]1C)Cc1nc3ccccc3n1-2.Cc1ccc2c(c1-c1n(-c3c(C(C)C)cc4c(sc5ccccc54)c3C(C)C)cc[n+]1C)Cc1nc3ccccc3n1-2. The van der Waals surface area contributed by atoms with Gasteiger partial charge < -0.3 is 4.42 Å². The first-order valence-corrected chi connectivity index (χ1v) is 46.2. The molecule has 11 heterocycles. The summed E-state index contributed by atoms with van der Waals surface area (Å²) in [7, 11) is 6.52. The predicted molar refractivity (Wildman–Crippen MR) is 525 cm³/mol. The Morgan fingerprint density at radius 2 is 0.727 bits per heavy atom. The third-order valence-corrected chi connectivity index (χ3v) is 28.5. The predicted octanol–water partition coefficient (Wildman–Crippen LogP) is 26.8. The molecule has 0 amide bonds. The van der Waals surface area contributed by atoms with Crippen molar-refractivity contribution >= 4 is 86.5 Å². The van der Waals surface area contributed by atoms with Gasteiger partial charge in [-0.15, -0.1) is 11.3 Å². The molecular formula is C114H105N12OS+3. The number of thiophene rings is 1. The van der Waals surface area contributed by atoms with Gasteiger partial charge in [0.25, 0.3) is 17.5 Å². The number of nitrogens with zero attached hydrogens (tertiary/aromatic N) is 12. The molecule has 13 nitrogen and oxygen atoms in total. The number of aromatic nitrogens is 12. The fourth-order valence-electron chi connectivity index (χ4n) is 21.3. The Balaban J connectivity index is 0.000000113. The zero-order valence-corrected chi connectivity index (χ0v) is 76.6. The Bertz CT molecular complexity index is 7720. The molecule has 8 aromatic heterocycles. The monoisotopic (exact) mass is 1690 g/mol. The van der Waals surface area contributed by atoms with Crippen LogP contribution in [-0.2, 0) is 40.4 Å². The van der Waals surface area contributed by atoms with Gasteiger partial charge in [-0.1, -0.05) is 221 Å². The molecule has 0 saturated heterocycles. The van der Waals surface area contributed by atoms with E-state index in [2.05, 4.69) is 432 Å². The van der Waals surface area contributed by atoms with Crippen molar-refractivity contribution in [3.05, 3.63) is 359 Å². The van der Waals surface area contributed by atoms with Gasteiger partial charge in [-0.2, -0.15) is 13.7 Å². The first kappa shape index (κ1) is 79.8. The lowest BCUT2D eigenvalue weighted by atomic mass is 9.89. The Kier molecular flexibility index (Phi) is 19.3. The lowest BCUT2D eigenvalue weighted by Crippen LogP contribution is -2.30. The molecule has 0 aliphatic carbocycles. The van der Waals surface area contributed by atoms with Crippen LogP contribution < -0.4 is 13.7 Å². The summed E-state index contributed by atoms with van der Waals surface area (Å²) < 4.78 is 30.7. The van der Waals surface area contributed by atoms with Crippen molar-refractivity contribution < 1.29 is 18.1 Å². The maximum atomic E-state index is 6.63. The van der Waals surface area contributed by atoms with E-state index in [0.29, 0.717) is 23.7 Å². The fraction of sp³-hybridized carbons (Fsp3) is 0.211. The molecule has 0 spiro atoms. The van der Waals surface area contributed by atoms with E-state index >= 15 is 0 Å². The molecule has 3 aliphatic heterocycles. The number of hydrogen-bond donors (Lipinski definition) is 0. The molecule has 128 heavy (non-hydrogen) atoms. The summed E-state index contributed by atoms with van der Waals surface area (Å²) in [4.78, 5) is 15.1. The van der Waals surface area contributed by atoms with Crippen LogP contribution in [0.25, 0.3) is 166 Å². The van der Waals surface area contributed by atoms with Crippen molar-refractivity contribution in [2.45, 2.75) is 139 Å². The second-order valence-electron chi connectivity index (χ2n) is 37.0. The van der Waals surface area contributed by atoms with E-state index in [1.165, 1.54) is 194 Å². The number of fused-ring (bicyclic) bond motifs is 21. The lowest BCUT2D eigenvalue weighted by Gasteiger charge is -2.20. The van der Waals surface area contributed by atoms with Gasteiger partial charge in [-0.3, -0.25) is 13.7 Å². The molecule has 13 aromatic carbocycles. The lowest BCUT2D eigenvalue weighted by molar-refractivity contribution is -0.659. The Morgan fingerprint density at radius 3 is 1.15 bits per heavy atom. The molecule has 3 aliphatic rings. The molecule has 0 saturated carbocycles. The molecule has 0 unspecified atom stereocenters. The zero-order valence-electron chi connectivity index (χ0n) is 75.7. The summed E-state index contributed by atoms with van der Waals surface area (Å²) in [5, 5.41) is 5.14. The summed E-state index contributed by atoms with van der Waals surface area (Å²) in [6, 6.07) is 87.7. The summed E-state index contributed by atoms with van der Waals surface area (Å²) in [6.07, 6.45) is 15.8. The summed E-state index contributed by atoms with van der Waals surface area (Å²) >= 11 is 1.94. The molecule has 630 valence electrons. The first-order chi connectivity index (χ1) is 62.2. The number of imidazole rings is 6. The largest absolute Gasteiger partial charge is 0.456 e. The van der Waals surface area contributed by atoms with Gasteiger partial charge in [0.05, 0.1) is 88.0 Å². The molecule has 0 fully saturated rings. The molecular weight excluding hydrogens is 1590 g/mol. The van der Waals surface area contributed by atoms with Gasteiger partial charge in [0.2, 0.25) is 0 Å². The van der Waals surface area contributed by atoms with Crippen LogP contribution in [0.4, 0.5) is 0 Å². The van der Waals surface area contributed by atoms with Gasteiger partial charge >= 0.3 is 0 Å². The zero-order chi connectivity index (χ0) is 87.7. The maximum Gasteiger partial charge on any atom is 0.294 e. The highest BCUT2D eigenvalue weighted by molar-refractivity contribution is 7.26. The third-order valence-electron chi connectivity index (χ3n) is 27.3. The highest BCUT2D eigenvalue weighted by atomic mass is 32.1. The molecule has 24 rings (SSSR count). The van der Waals surface area contributed by atoms with Crippen molar-refractivity contribution in [3.8, 4) is 90.5 Å². The fourth-order valence-corrected chi connectivity index (χ4v) is 22.7. The molecule has 0 atom stereocenters. The van der Waals surface area contributed by atoms with E-state index < -0.39 is 0 Å². The molecule has 0 bridgehead atoms. The van der Waals surface area contributed by atoms with E-state index in [1.54, 1.807) is 0 Å². The average molecular weight is 1690 g/mol. The number of furan rings is 1. The van der Waals surface area contributed by atoms with Crippen molar-refractivity contribution in [1.82, 2.24) is 42.4 Å². The molecule has 0 radical (unpaired) electrons. The minimum Gasteiger partial charge on any atom is -0.456 e. The Hall–Kier alpha value is -14.1. The highest BCUT2D eigenvalue weighted by Crippen LogP contribution is 2.51. The van der Waals surface area contributed by atoms with Gasteiger partial charge in [0.15, 0.2) is 0 Å². The summed E-state index contributed by atoms with van der Waals surface area (Å²) in [5.74, 6) is 8.63. The highest BCUT2D eigenvalue weighted by Gasteiger charge is 2.40. The standard InChI is InChI=1S/C40H35N4.C37H35N4O.C37H35N4S/c1-26(2)30-23-31(28-13-7-5-8-14-28)39(32(24-30)29-15-9-6-10-16-29)43-22-21-42(4)40(43)38-27(3)19-20-35-33(38)25-37-41-34-17-11-12-18-36(34)44(35)37;2*1-21(2)25-19-26-24-11-7-10-14-31(24)42-36(26)33(22(3)4)35(25)40-18-17-39(6)37(40)34-23(5)15-16-29-27(34)20-32-38-28-12-8-9-13-30(28)41(29)32/h5-24,26H,25H2,1-4H3;2*7-19,21-22H,20H2,1-6H3/q3*+1. The number of aryl methyl sites for hydroxylation is 6. The van der Waals surface area contributed by atoms with E-state index in [1.807, 2.05) is 11.3 Å². The van der Waals surface area contributed by atoms with E-state index in [4.69, 9.17) is 19.4 Å². The third kappa shape index (κ3) is 12.6. The van der Waals surface area contributed by atoms with E-state index in [-0.39, 0.29) is 5.92 Å².